The number of benzene rings is 1. The van der Waals surface area contributed by atoms with Crippen LogP contribution in [-0.2, 0) is 9.53 Å². The maximum atomic E-state index is 11.6. The second kappa shape index (κ2) is 4.66. The fourth-order valence-electron chi connectivity index (χ4n) is 1.66. The highest BCUT2D eigenvalue weighted by Gasteiger charge is 2.38. The van der Waals surface area contributed by atoms with Crippen LogP contribution in [0.25, 0.3) is 0 Å². The van der Waals surface area contributed by atoms with E-state index in [-0.39, 0.29) is 0 Å². The molecule has 0 spiro atoms. The summed E-state index contributed by atoms with van der Waals surface area (Å²) in [7, 11) is 1.33. The SMILES string of the molecule is COC(=O)C(C)(C)C(O)c1ccccc1C. The minimum Gasteiger partial charge on any atom is -0.469 e. The first-order valence-corrected chi connectivity index (χ1v) is 5.23. The normalized spacial score (nSPS) is 13.3. The fraction of sp³-hybridized carbons (Fsp3) is 0.462. The van der Waals surface area contributed by atoms with Crippen LogP contribution in [-0.4, -0.2) is 18.2 Å². The monoisotopic (exact) mass is 222 g/mol. The molecule has 0 amide bonds. The summed E-state index contributed by atoms with van der Waals surface area (Å²) in [4.78, 5) is 11.6. The van der Waals surface area contributed by atoms with E-state index >= 15 is 0 Å². The van der Waals surface area contributed by atoms with Gasteiger partial charge in [-0.1, -0.05) is 24.3 Å². The van der Waals surface area contributed by atoms with Gasteiger partial charge in [0.05, 0.1) is 18.6 Å². The Morgan fingerprint density at radius 2 is 1.94 bits per heavy atom. The third-order valence-corrected chi connectivity index (χ3v) is 2.88. The topological polar surface area (TPSA) is 46.5 Å². The molecule has 0 radical (unpaired) electrons. The Bertz CT molecular complexity index is 383. The number of carbonyl (C=O) groups is 1. The second-order valence-electron chi connectivity index (χ2n) is 4.47. The Kier molecular flexibility index (Phi) is 3.70. The van der Waals surface area contributed by atoms with E-state index in [1.54, 1.807) is 13.8 Å². The van der Waals surface area contributed by atoms with E-state index in [1.807, 2.05) is 31.2 Å². The van der Waals surface area contributed by atoms with Gasteiger partial charge < -0.3 is 9.84 Å². The molecule has 3 nitrogen and oxygen atoms in total. The number of esters is 1. The van der Waals surface area contributed by atoms with Gasteiger partial charge in [0.2, 0.25) is 0 Å². The fourth-order valence-corrected chi connectivity index (χ4v) is 1.66. The first-order chi connectivity index (χ1) is 7.41. The molecule has 0 aromatic heterocycles. The summed E-state index contributed by atoms with van der Waals surface area (Å²) in [6.45, 7) is 5.26. The summed E-state index contributed by atoms with van der Waals surface area (Å²) in [5.74, 6) is -0.414. The molecule has 0 fully saturated rings. The largest absolute Gasteiger partial charge is 0.469 e. The first kappa shape index (κ1) is 12.7. The van der Waals surface area contributed by atoms with E-state index in [4.69, 9.17) is 4.74 Å². The number of aliphatic hydroxyl groups excluding tert-OH is 1. The number of aliphatic hydroxyl groups is 1. The number of hydrogen-bond acceptors (Lipinski definition) is 3. The molecular formula is C13H18O3. The Morgan fingerprint density at radius 3 is 2.44 bits per heavy atom. The molecule has 0 heterocycles. The van der Waals surface area contributed by atoms with Crippen LogP contribution in [0, 0.1) is 12.3 Å². The number of aryl methyl sites for hydroxylation is 1. The van der Waals surface area contributed by atoms with Crippen LogP contribution in [0.4, 0.5) is 0 Å². The number of methoxy groups -OCH3 is 1. The summed E-state index contributed by atoms with van der Waals surface area (Å²) in [5, 5.41) is 10.2. The van der Waals surface area contributed by atoms with Crippen molar-refractivity contribution >= 4 is 5.97 Å². The summed E-state index contributed by atoms with van der Waals surface area (Å²) in [6, 6.07) is 7.48. The lowest BCUT2D eigenvalue weighted by atomic mass is 9.81. The minimum atomic E-state index is -0.944. The van der Waals surface area contributed by atoms with Gasteiger partial charge in [0.25, 0.3) is 0 Å². The highest BCUT2D eigenvalue weighted by Crippen LogP contribution is 2.35. The third kappa shape index (κ3) is 2.25. The molecule has 1 atom stereocenters. The average Bonchev–Trinajstić information content (AvgIpc) is 2.27. The van der Waals surface area contributed by atoms with Crippen molar-refractivity contribution in [3.63, 3.8) is 0 Å². The smallest absolute Gasteiger partial charge is 0.314 e. The van der Waals surface area contributed by atoms with E-state index in [2.05, 4.69) is 0 Å². The van der Waals surface area contributed by atoms with Crippen molar-refractivity contribution in [1.29, 1.82) is 0 Å². The van der Waals surface area contributed by atoms with Gasteiger partial charge in [-0.15, -0.1) is 0 Å². The number of hydrogen-bond donors (Lipinski definition) is 1. The van der Waals surface area contributed by atoms with Crippen molar-refractivity contribution in [1.82, 2.24) is 0 Å². The third-order valence-electron chi connectivity index (χ3n) is 2.88. The molecule has 1 unspecified atom stereocenters. The van der Waals surface area contributed by atoms with Crippen LogP contribution in [0.15, 0.2) is 24.3 Å². The van der Waals surface area contributed by atoms with E-state index in [9.17, 15) is 9.90 Å². The van der Waals surface area contributed by atoms with Gasteiger partial charge >= 0.3 is 5.97 Å². The zero-order valence-corrected chi connectivity index (χ0v) is 10.2. The van der Waals surface area contributed by atoms with Gasteiger partial charge in [-0.3, -0.25) is 4.79 Å². The maximum Gasteiger partial charge on any atom is 0.314 e. The zero-order valence-electron chi connectivity index (χ0n) is 10.2. The lowest BCUT2D eigenvalue weighted by molar-refractivity contribution is -0.157. The zero-order chi connectivity index (χ0) is 12.3. The van der Waals surface area contributed by atoms with Gasteiger partial charge in [0, 0.05) is 0 Å². The van der Waals surface area contributed by atoms with Crippen LogP contribution >= 0.6 is 0 Å². The van der Waals surface area contributed by atoms with Crippen LogP contribution < -0.4 is 0 Å². The quantitative estimate of drug-likeness (QED) is 0.798. The molecule has 1 aromatic carbocycles. The molecule has 0 bridgehead atoms. The Morgan fingerprint density at radius 1 is 1.38 bits per heavy atom. The molecule has 0 aliphatic carbocycles. The standard InChI is InChI=1S/C13H18O3/c1-9-7-5-6-8-10(9)11(14)13(2,3)12(15)16-4/h5-8,11,14H,1-4H3. The maximum absolute atomic E-state index is 11.6. The van der Waals surface area contributed by atoms with Crippen LogP contribution in [0.1, 0.15) is 31.1 Å². The molecule has 1 aromatic rings. The highest BCUT2D eigenvalue weighted by atomic mass is 16.5. The molecule has 1 rings (SSSR count). The molecule has 0 aliphatic rings. The summed E-state index contributed by atoms with van der Waals surface area (Å²) in [6.07, 6.45) is -0.860. The molecule has 1 N–H and O–H groups in total. The second-order valence-corrected chi connectivity index (χ2v) is 4.47. The Labute approximate surface area is 96.1 Å². The molecule has 0 saturated heterocycles. The van der Waals surface area contributed by atoms with Crippen LogP contribution in [0.3, 0.4) is 0 Å². The van der Waals surface area contributed by atoms with Crippen LogP contribution in [0.2, 0.25) is 0 Å². The van der Waals surface area contributed by atoms with E-state index < -0.39 is 17.5 Å². The van der Waals surface area contributed by atoms with Gasteiger partial charge in [0.15, 0.2) is 0 Å². The molecule has 3 heteroatoms. The predicted octanol–water partition coefficient (Wildman–Crippen LogP) is 2.23. The average molecular weight is 222 g/mol. The molecular weight excluding hydrogens is 204 g/mol. The summed E-state index contributed by atoms with van der Waals surface area (Å²) in [5.41, 5.74) is 0.783. The first-order valence-electron chi connectivity index (χ1n) is 5.23. The van der Waals surface area contributed by atoms with Gasteiger partial charge in [-0.05, 0) is 31.9 Å². The van der Waals surface area contributed by atoms with Gasteiger partial charge in [-0.25, -0.2) is 0 Å². The summed E-state index contributed by atoms with van der Waals surface area (Å²) < 4.78 is 4.70. The molecule has 88 valence electrons. The van der Waals surface area contributed by atoms with Gasteiger partial charge in [0.1, 0.15) is 0 Å². The van der Waals surface area contributed by atoms with E-state index in [0.717, 1.165) is 11.1 Å². The highest BCUT2D eigenvalue weighted by molar-refractivity contribution is 5.76. The van der Waals surface area contributed by atoms with Gasteiger partial charge in [-0.2, -0.15) is 0 Å². The van der Waals surface area contributed by atoms with Crippen molar-refractivity contribution in [2.75, 3.05) is 7.11 Å². The van der Waals surface area contributed by atoms with E-state index in [0.29, 0.717) is 0 Å². The number of carbonyl (C=O) groups excluding carboxylic acids is 1. The Hall–Kier alpha value is -1.35. The lowest BCUT2D eigenvalue weighted by Crippen LogP contribution is -2.32. The Balaban J connectivity index is 3.07. The van der Waals surface area contributed by atoms with Crippen molar-refractivity contribution in [3.8, 4) is 0 Å². The predicted molar refractivity (Wildman–Crippen MR) is 61.9 cm³/mol. The summed E-state index contributed by atoms with van der Waals surface area (Å²) >= 11 is 0. The molecule has 0 saturated carbocycles. The molecule has 0 aliphatic heterocycles. The lowest BCUT2D eigenvalue weighted by Gasteiger charge is -2.28. The molecule has 16 heavy (non-hydrogen) atoms. The van der Waals surface area contributed by atoms with Crippen molar-refractivity contribution < 1.29 is 14.6 Å². The number of rotatable bonds is 3. The van der Waals surface area contributed by atoms with Crippen molar-refractivity contribution in [2.45, 2.75) is 26.9 Å². The minimum absolute atomic E-state index is 0.414. The van der Waals surface area contributed by atoms with Crippen LogP contribution in [0.5, 0.6) is 0 Å². The van der Waals surface area contributed by atoms with E-state index in [1.165, 1.54) is 7.11 Å². The van der Waals surface area contributed by atoms with Crippen molar-refractivity contribution in [3.05, 3.63) is 35.4 Å². The number of ether oxygens (including phenoxy) is 1. The van der Waals surface area contributed by atoms with Crippen molar-refractivity contribution in [2.24, 2.45) is 5.41 Å².